The summed E-state index contributed by atoms with van der Waals surface area (Å²) in [6.07, 6.45) is 3.46. The molecule has 1 aromatic heterocycles. The minimum absolute atomic E-state index is 0.206. The van der Waals surface area contributed by atoms with E-state index in [-0.39, 0.29) is 6.03 Å². The summed E-state index contributed by atoms with van der Waals surface area (Å²) >= 11 is 0. The van der Waals surface area contributed by atoms with E-state index >= 15 is 0 Å². The van der Waals surface area contributed by atoms with Gasteiger partial charge in [-0.05, 0) is 40.0 Å². The number of aryl methyl sites for hydroxylation is 1. The molecule has 0 saturated carbocycles. The molecular formula is C16H27N5O2. The van der Waals surface area contributed by atoms with Gasteiger partial charge in [-0.15, -0.1) is 0 Å². The van der Waals surface area contributed by atoms with Gasteiger partial charge in [0.1, 0.15) is 0 Å². The topological polar surface area (TPSA) is 65.7 Å². The third kappa shape index (κ3) is 3.65. The number of likely N-dealkylation sites (tertiary alicyclic amines) is 1. The second-order valence-corrected chi connectivity index (χ2v) is 6.82. The van der Waals surface area contributed by atoms with Crippen LogP contribution in [0.25, 0.3) is 0 Å². The maximum Gasteiger partial charge on any atom is 0.320 e. The first-order valence-corrected chi connectivity index (χ1v) is 8.63. The molecule has 2 unspecified atom stereocenters. The monoisotopic (exact) mass is 321 g/mol. The summed E-state index contributed by atoms with van der Waals surface area (Å²) in [6, 6.07) is 0.911. The summed E-state index contributed by atoms with van der Waals surface area (Å²) in [7, 11) is 0. The molecular weight excluding hydrogens is 294 g/mol. The predicted octanol–water partition coefficient (Wildman–Crippen LogP) is 1.88. The minimum Gasteiger partial charge on any atom is -0.338 e. The van der Waals surface area contributed by atoms with Gasteiger partial charge in [0, 0.05) is 38.3 Å². The normalized spacial score (nSPS) is 26.6. The second kappa shape index (κ2) is 6.86. The lowest BCUT2D eigenvalue weighted by Gasteiger charge is -2.43. The quantitative estimate of drug-likeness (QED) is 0.832. The molecule has 0 aromatic carbocycles. The van der Waals surface area contributed by atoms with E-state index in [1.54, 1.807) is 0 Å². The van der Waals surface area contributed by atoms with Crippen molar-refractivity contribution in [2.75, 3.05) is 26.2 Å². The number of piperidine rings is 1. The van der Waals surface area contributed by atoms with Crippen LogP contribution in [0.15, 0.2) is 4.52 Å². The fourth-order valence-electron chi connectivity index (χ4n) is 3.65. The van der Waals surface area contributed by atoms with Crippen molar-refractivity contribution in [3.8, 4) is 0 Å². The highest BCUT2D eigenvalue weighted by Crippen LogP contribution is 2.24. The standard InChI is InChI=1S/C16H27N5O2/c1-12-5-4-6-13(2)21(12)16(22)20-9-7-19(8-10-20)11-15-17-14(3)18-23-15/h12-13H,4-11H2,1-3H3. The molecule has 0 spiro atoms. The Bertz CT molecular complexity index is 528. The van der Waals surface area contributed by atoms with Crippen LogP contribution >= 0.6 is 0 Å². The summed E-state index contributed by atoms with van der Waals surface area (Å²) in [5.74, 6) is 1.32. The van der Waals surface area contributed by atoms with Gasteiger partial charge in [0.05, 0.1) is 6.54 Å². The van der Waals surface area contributed by atoms with Crippen molar-refractivity contribution in [1.29, 1.82) is 0 Å². The molecule has 0 bridgehead atoms. The number of carbonyl (C=O) groups is 1. The SMILES string of the molecule is Cc1noc(CN2CCN(C(=O)N3C(C)CCCC3C)CC2)n1. The fourth-order valence-corrected chi connectivity index (χ4v) is 3.65. The molecule has 3 rings (SSSR count). The molecule has 23 heavy (non-hydrogen) atoms. The van der Waals surface area contributed by atoms with E-state index in [9.17, 15) is 4.79 Å². The van der Waals surface area contributed by atoms with E-state index in [2.05, 4.69) is 33.8 Å². The van der Waals surface area contributed by atoms with Crippen molar-refractivity contribution < 1.29 is 9.32 Å². The highest BCUT2D eigenvalue weighted by Gasteiger charge is 2.33. The van der Waals surface area contributed by atoms with Gasteiger partial charge in [0.2, 0.25) is 5.89 Å². The van der Waals surface area contributed by atoms with Crippen molar-refractivity contribution in [3.05, 3.63) is 11.7 Å². The Kier molecular flexibility index (Phi) is 4.84. The van der Waals surface area contributed by atoms with Crippen molar-refractivity contribution in [2.45, 2.75) is 58.7 Å². The zero-order valence-corrected chi connectivity index (χ0v) is 14.4. The van der Waals surface area contributed by atoms with Crippen molar-refractivity contribution in [1.82, 2.24) is 24.8 Å². The number of urea groups is 1. The molecule has 0 N–H and O–H groups in total. The number of piperazine rings is 1. The molecule has 2 aliphatic rings. The van der Waals surface area contributed by atoms with Crippen LogP contribution in [-0.2, 0) is 6.54 Å². The van der Waals surface area contributed by atoms with E-state index in [0.29, 0.717) is 30.3 Å². The number of carbonyl (C=O) groups excluding carboxylic acids is 1. The Balaban J connectivity index is 1.52. The molecule has 7 heteroatoms. The summed E-state index contributed by atoms with van der Waals surface area (Å²) in [6.45, 7) is 10.1. The Morgan fingerprint density at radius 2 is 1.83 bits per heavy atom. The van der Waals surface area contributed by atoms with Gasteiger partial charge in [-0.25, -0.2) is 4.79 Å². The van der Waals surface area contributed by atoms with E-state index in [4.69, 9.17) is 4.52 Å². The average molecular weight is 321 g/mol. The van der Waals surface area contributed by atoms with Crippen LogP contribution in [0.3, 0.4) is 0 Å². The van der Waals surface area contributed by atoms with Crippen LogP contribution in [0.5, 0.6) is 0 Å². The van der Waals surface area contributed by atoms with Crippen LogP contribution in [0.1, 0.15) is 44.8 Å². The largest absolute Gasteiger partial charge is 0.338 e. The molecule has 2 amide bonds. The number of aromatic nitrogens is 2. The molecule has 3 heterocycles. The van der Waals surface area contributed by atoms with Crippen LogP contribution in [0.2, 0.25) is 0 Å². The van der Waals surface area contributed by atoms with Crippen LogP contribution in [0.4, 0.5) is 4.79 Å². The van der Waals surface area contributed by atoms with E-state index < -0.39 is 0 Å². The molecule has 0 aliphatic carbocycles. The van der Waals surface area contributed by atoms with Gasteiger partial charge in [0.25, 0.3) is 0 Å². The van der Waals surface area contributed by atoms with Crippen LogP contribution in [0, 0.1) is 6.92 Å². The van der Waals surface area contributed by atoms with Crippen molar-refractivity contribution in [3.63, 3.8) is 0 Å². The van der Waals surface area contributed by atoms with Gasteiger partial charge >= 0.3 is 6.03 Å². The second-order valence-electron chi connectivity index (χ2n) is 6.82. The van der Waals surface area contributed by atoms with E-state index in [1.807, 2.05) is 11.8 Å². The number of rotatable bonds is 2. The Labute approximate surface area is 137 Å². The summed E-state index contributed by atoms with van der Waals surface area (Å²) in [5.41, 5.74) is 0. The molecule has 0 radical (unpaired) electrons. The van der Waals surface area contributed by atoms with Crippen LogP contribution < -0.4 is 0 Å². The van der Waals surface area contributed by atoms with Gasteiger partial charge < -0.3 is 14.3 Å². The van der Waals surface area contributed by atoms with Gasteiger partial charge in [-0.1, -0.05) is 5.16 Å². The minimum atomic E-state index is 0.206. The molecule has 2 atom stereocenters. The first-order chi connectivity index (χ1) is 11.0. The number of amides is 2. The third-order valence-electron chi connectivity index (χ3n) is 4.99. The van der Waals surface area contributed by atoms with Crippen molar-refractivity contribution in [2.24, 2.45) is 0 Å². The zero-order chi connectivity index (χ0) is 16.4. The lowest BCUT2D eigenvalue weighted by molar-refractivity contribution is 0.0694. The van der Waals surface area contributed by atoms with Gasteiger partial charge in [-0.2, -0.15) is 4.98 Å². The van der Waals surface area contributed by atoms with Crippen molar-refractivity contribution >= 4 is 6.03 Å². The predicted molar refractivity (Wildman–Crippen MR) is 85.9 cm³/mol. The molecule has 2 fully saturated rings. The lowest BCUT2D eigenvalue weighted by atomic mass is 9.98. The number of hydrogen-bond donors (Lipinski definition) is 0. The fraction of sp³-hybridized carbons (Fsp3) is 0.812. The van der Waals surface area contributed by atoms with E-state index in [0.717, 1.165) is 39.0 Å². The van der Waals surface area contributed by atoms with E-state index in [1.165, 1.54) is 6.42 Å². The third-order valence-corrected chi connectivity index (χ3v) is 4.99. The first-order valence-electron chi connectivity index (χ1n) is 8.63. The molecule has 1 aromatic rings. The smallest absolute Gasteiger partial charge is 0.320 e. The maximum absolute atomic E-state index is 12.8. The highest BCUT2D eigenvalue weighted by molar-refractivity contribution is 5.75. The molecule has 7 nitrogen and oxygen atoms in total. The summed E-state index contributed by atoms with van der Waals surface area (Å²) < 4.78 is 5.17. The molecule has 2 aliphatic heterocycles. The Morgan fingerprint density at radius 1 is 1.17 bits per heavy atom. The first kappa shape index (κ1) is 16.2. The number of hydrogen-bond acceptors (Lipinski definition) is 5. The highest BCUT2D eigenvalue weighted by atomic mass is 16.5. The molecule has 128 valence electrons. The summed E-state index contributed by atoms with van der Waals surface area (Å²) in [5, 5.41) is 3.82. The zero-order valence-electron chi connectivity index (χ0n) is 14.4. The maximum atomic E-state index is 12.8. The average Bonchev–Trinajstić information content (AvgIpc) is 2.93. The lowest BCUT2D eigenvalue weighted by Crippen LogP contribution is -2.57. The Hall–Kier alpha value is -1.63. The Morgan fingerprint density at radius 3 is 2.39 bits per heavy atom. The van der Waals surface area contributed by atoms with Gasteiger partial charge in [0.15, 0.2) is 5.82 Å². The number of nitrogens with zero attached hydrogens (tertiary/aromatic N) is 5. The van der Waals surface area contributed by atoms with Crippen LogP contribution in [-0.4, -0.2) is 69.1 Å². The molecule has 2 saturated heterocycles. The van der Waals surface area contributed by atoms with Gasteiger partial charge in [-0.3, -0.25) is 4.90 Å². The summed E-state index contributed by atoms with van der Waals surface area (Å²) in [4.78, 5) is 23.4.